The van der Waals surface area contributed by atoms with E-state index in [2.05, 4.69) is 15.3 Å². The van der Waals surface area contributed by atoms with Crippen molar-refractivity contribution in [3.8, 4) is 5.75 Å². The molecule has 0 saturated heterocycles. The number of nitrogens with zero attached hydrogens (tertiary/aromatic N) is 3. The van der Waals surface area contributed by atoms with Crippen molar-refractivity contribution in [1.82, 2.24) is 14.9 Å². The number of halogens is 3. The van der Waals surface area contributed by atoms with Gasteiger partial charge in [0, 0.05) is 42.8 Å². The van der Waals surface area contributed by atoms with Gasteiger partial charge in [0.1, 0.15) is 30.3 Å². The van der Waals surface area contributed by atoms with Crippen LogP contribution in [0.4, 0.5) is 20.3 Å². The molecule has 34 heavy (non-hydrogen) atoms. The van der Waals surface area contributed by atoms with Gasteiger partial charge in [-0.3, -0.25) is 4.79 Å². The minimum absolute atomic E-state index is 0.0385. The summed E-state index contributed by atoms with van der Waals surface area (Å²) in [6, 6.07) is 7.54. The van der Waals surface area contributed by atoms with Crippen LogP contribution in [0.2, 0.25) is 5.02 Å². The summed E-state index contributed by atoms with van der Waals surface area (Å²) in [7, 11) is 5.11. The number of likely N-dealkylation sites (N-methyl/N-ethyl adjacent to an activating group) is 1. The van der Waals surface area contributed by atoms with Crippen molar-refractivity contribution in [2.45, 2.75) is 6.42 Å². The van der Waals surface area contributed by atoms with E-state index >= 15 is 0 Å². The Morgan fingerprint density at radius 2 is 2.00 bits per heavy atom. The standard InChI is InChI=1S/C24H25ClF2N4O3/c1-31(2)7-6-20(27)22(32)11-15-10-17-21(13-23(15)34-9-8-33-3)28-14-29-24(17)30-16-4-5-19(26)18(25)12-16/h4-6,10,12-14H,7-9,11H2,1-3H3,(H,28,29,30). The summed E-state index contributed by atoms with van der Waals surface area (Å²) in [5.74, 6) is -1.22. The molecule has 0 atom stereocenters. The first kappa shape index (κ1) is 25.5. The highest BCUT2D eigenvalue weighted by atomic mass is 35.5. The van der Waals surface area contributed by atoms with Crippen LogP contribution in [-0.4, -0.2) is 61.6 Å². The molecule has 7 nitrogen and oxygen atoms in total. The van der Waals surface area contributed by atoms with Crippen LogP contribution in [0.25, 0.3) is 10.9 Å². The fourth-order valence-electron chi connectivity index (χ4n) is 3.08. The maximum atomic E-state index is 14.4. The summed E-state index contributed by atoms with van der Waals surface area (Å²) in [4.78, 5) is 22.9. The Kier molecular flexibility index (Phi) is 8.86. The van der Waals surface area contributed by atoms with E-state index < -0.39 is 17.4 Å². The number of nitrogens with one attached hydrogen (secondary N) is 1. The van der Waals surface area contributed by atoms with Crippen LogP contribution in [0.3, 0.4) is 0 Å². The van der Waals surface area contributed by atoms with Crippen molar-refractivity contribution >= 4 is 39.8 Å². The van der Waals surface area contributed by atoms with Gasteiger partial charge in [0.25, 0.3) is 0 Å². The van der Waals surface area contributed by atoms with Crippen molar-refractivity contribution in [2.75, 3.05) is 46.3 Å². The van der Waals surface area contributed by atoms with Crippen LogP contribution in [-0.2, 0) is 16.0 Å². The molecule has 0 fully saturated rings. The van der Waals surface area contributed by atoms with Gasteiger partial charge in [0.2, 0.25) is 0 Å². The fraction of sp³-hybridized carbons (Fsp3) is 0.292. The van der Waals surface area contributed by atoms with Crippen LogP contribution in [0.1, 0.15) is 5.56 Å². The summed E-state index contributed by atoms with van der Waals surface area (Å²) in [6.07, 6.45) is 2.39. The third-order valence-corrected chi connectivity index (χ3v) is 5.09. The number of fused-ring (bicyclic) bond motifs is 1. The first-order chi connectivity index (χ1) is 16.3. The molecule has 10 heteroatoms. The quantitative estimate of drug-likeness (QED) is 0.308. The van der Waals surface area contributed by atoms with E-state index in [-0.39, 0.29) is 18.1 Å². The summed E-state index contributed by atoms with van der Waals surface area (Å²) >= 11 is 5.88. The normalized spacial score (nSPS) is 11.8. The number of anilines is 2. The molecule has 0 aliphatic heterocycles. The predicted octanol–water partition coefficient (Wildman–Crippen LogP) is 4.72. The van der Waals surface area contributed by atoms with Crippen molar-refractivity contribution < 1.29 is 23.0 Å². The number of Topliss-reactive ketones (excluding diaryl/α,β-unsaturated/α-hetero) is 1. The number of hydrogen-bond donors (Lipinski definition) is 1. The zero-order valence-corrected chi connectivity index (χ0v) is 19.8. The first-order valence-electron chi connectivity index (χ1n) is 10.4. The SMILES string of the molecule is COCCOc1cc2ncnc(Nc3ccc(F)c(Cl)c3)c2cc1CC(=O)C(F)=CCN(C)C. The monoisotopic (exact) mass is 490 g/mol. The summed E-state index contributed by atoms with van der Waals surface area (Å²) in [5, 5.41) is 3.62. The molecule has 1 heterocycles. The third-order valence-electron chi connectivity index (χ3n) is 4.80. The second kappa shape index (κ2) is 11.8. The van der Waals surface area contributed by atoms with Crippen LogP contribution in [0.15, 0.2) is 48.6 Å². The molecule has 180 valence electrons. The molecule has 3 rings (SSSR count). The first-order valence-corrected chi connectivity index (χ1v) is 10.8. The zero-order valence-electron chi connectivity index (χ0n) is 19.1. The number of carbonyl (C=O) groups is 1. The predicted molar refractivity (Wildman–Crippen MR) is 128 cm³/mol. The topological polar surface area (TPSA) is 76.6 Å². The number of benzene rings is 2. The second-order valence-corrected chi connectivity index (χ2v) is 8.12. The Bertz CT molecular complexity index is 1200. The lowest BCUT2D eigenvalue weighted by atomic mass is 10.0. The summed E-state index contributed by atoms with van der Waals surface area (Å²) in [6.45, 7) is 0.880. The molecule has 0 spiro atoms. The van der Waals surface area contributed by atoms with Gasteiger partial charge in [0.15, 0.2) is 11.6 Å². The molecule has 1 N–H and O–H groups in total. The highest BCUT2D eigenvalue weighted by Gasteiger charge is 2.17. The highest BCUT2D eigenvalue weighted by Crippen LogP contribution is 2.31. The largest absolute Gasteiger partial charge is 0.491 e. The van der Waals surface area contributed by atoms with Crippen LogP contribution < -0.4 is 10.1 Å². The lowest BCUT2D eigenvalue weighted by Crippen LogP contribution is -2.13. The van der Waals surface area contributed by atoms with Crippen molar-refractivity contribution in [1.29, 1.82) is 0 Å². The van der Waals surface area contributed by atoms with Gasteiger partial charge in [-0.1, -0.05) is 11.6 Å². The minimum Gasteiger partial charge on any atom is -0.491 e. The minimum atomic E-state index is -0.819. The highest BCUT2D eigenvalue weighted by molar-refractivity contribution is 6.31. The Balaban J connectivity index is 1.98. The van der Waals surface area contributed by atoms with Gasteiger partial charge < -0.3 is 19.7 Å². The van der Waals surface area contributed by atoms with Crippen molar-refractivity contribution in [2.24, 2.45) is 0 Å². The molecule has 0 aliphatic rings. The Labute approximate surface area is 201 Å². The van der Waals surface area contributed by atoms with E-state index in [0.717, 1.165) is 0 Å². The average Bonchev–Trinajstić information content (AvgIpc) is 2.80. The molecule has 0 saturated carbocycles. The molecule has 0 radical (unpaired) electrons. The maximum Gasteiger partial charge on any atom is 0.195 e. The van der Waals surface area contributed by atoms with E-state index in [4.69, 9.17) is 21.1 Å². The van der Waals surface area contributed by atoms with Crippen molar-refractivity contribution in [3.63, 3.8) is 0 Å². The molecular formula is C24H25ClF2N4O3. The molecule has 1 aromatic heterocycles. The molecular weight excluding hydrogens is 466 g/mol. The second-order valence-electron chi connectivity index (χ2n) is 7.71. The molecule has 0 bridgehead atoms. The third kappa shape index (κ3) is 6.69. The van der Waals surface area contributed by atoms with Crippen LogP contribution in [0, 0.1) is 5.82 Å². The Hall–Kier alpha value is -3.14. The average molecular weight is 491 g/mol. The number of aromatic nitrogens is 2. The van der Waals surface area contributed by atoms with Gasteiger partial charge in [-0.05, 0) is 44.4 Å². The molecule has 2 aromatic carbocycles. The number of carbonyl (C=O) groups excluding carboxylic acids is 1. The molecule has 0 aliphatic carbocycles. The van der Waals surface area contributed by atoms with E-state index in [1.165, 1.54) is 30.6 Å². The summed E-state index contributed by atoms with van der Waals surface area (Å²) in [5.41, 5.74) is 1.53. The van der Waals surface area contributed by atoms with E-state index in [1.807, 2.05) is 0 Å². The van der Waals surface area contributed by atoms with Gasteiger partial charge in [0.05, 0.1) is 17.1 Å². The number of rotatable bonds is 11. The maximum absolute atomic E-state index is 14.4. The lowest BCUT2D eigenvalue weighted by molar-refractivity contribution is -0.116. The molecule has 0 unspecified atom stereocenters. The Morgan fingerprint density at radius 1 is 1.21 bits per heavy atom. The van der Waals surface area contributed by atoms with Gasteiger partial charge in [-0.2, -0.15) is 0 Å². The number of allylic oxidation sites excluding steroid dienone is 1. The number of hydrogen-bond acceptors (Lipinski definition) is 7. The van der Waals surface area contributed by atoms with Gasteiger partial charge >= 0.3 is 0 Å². The Morgan fingerprint density at radius 3 is 2.71 bits per heavy atom. The zero-order chi connectivity index (χ0) is 24.7. The van der Waals surface area contributed by atoms with Crippen LogP contribution in [0.5, 0.6) is 5.75 Å². The molecule has 0 amide bonds. The number of ether oxygens (including phenoxy) is 2. The van der Waals surface area contributed by atoms with Gasteiger partial charge in [-0.15, -0.1) is 0 Å². The summed E-state index contributed by atoms with van der Waals surface area (Å²) < 4.78 is 38.7. The van der Waals surface area contributed by atoms with E-state index in [1.54, 1.807) is 38.2 Å². The number of methoxy groups -OCH3 is 1. The lowest BCUT2D eigenvalue weighted by Gasteiger charge is -2.14. The van der Waals surface area contributed by atoms with E-state index in [9.17, 15) is 13.6 Å². The smallest absolute Gasteiger partial charge is 0.195 e. The fourth-order valence-corrected chi connectivity index (χ4v) is 3.26. The van der Waals surface area contributed by atoms with E-state index in [0.29, 0.717) is 46.9 Å². The van der Waals surface area contributed by atoms with Crippen molar-refractivity contribution in [3.05, 3.63) is 65.0 Å². The molecule has 3 aromatic rings. The number of ketones is 1. The van der Waals surface area contributed by atoms with Gasteiger partial charge in [-0.25, -0.2) is 18.7 Å². The van der Waals surface area contributed by atoms with Crippen LogP contribution >= 0.6 is 11.6 Å².